The Hall–Kier alpha value is -2.01. The third kappa shape index (κ3) is 2.88. The van der Waals surface area contributed by atoms with Gasteiger partial charge in [-0.25, -0.2) is 9.37 Å². The Kier molecular flexibility index (Phi) is 3.84. The zero-order valence-corrected chi connectivity index (χ0v) is 12.2. The molecule has 0 atom stereocenters. The number of anilines is 3. The number of hydrogen-bond acceptors (Lipinski definition) is 4. The maximum Gasteiger partial charge on any atom is 0.167 e. The molecule has 2 aromatic rings. The first kappa shape index (κ1) is 13.9. The molecule has 0 radical (unpaired) electrons. The molecular weight excluding hydrogens is 291 g/mol. The summed E-state index contributed by atoms with van der Waals surface area (Å²) >= 11 is 5.73. The Morgan fingerprint density at radius 2 is 1.76 bits per heavy atom. The Bertz CT molecular complexity index is 641. The fourth-order valence-corrected chi connectivity index (χ4v) is 2.72. The summed E-state index contributed by atoms with van der Waals surface area (Å²) in [5, 5.41) is 0.312. The number of piperazine rings is 1. The number of pyridine rings is 1. The largest absolute Gasteiger partial charge is 0.397 e. The SMILES string of the molecule is Nc1ccccc1N1CCN(c2ncc(Cl)cc2F)CC1. The van der Waals surface area contributed by atoms with Gasteiger partial charge in [0.15, 0.2) is 11.6 Å². The average Bonchev–Trinajstić information content (AvgIpc) is 2.48. The maximum absolute atomic E-state index is 13.9. The van der Waals surface area contributed by atoms with Crippen molar-refractivity contribution in [2.24, 2.45) is 0 Å². The molecule has 0 saturated carbocycles. The standard InChI is InChI=1S/C15H16ClFN4/c16-11-9-12(17)15(19-10-11)21-7-5-20(6-8-21)14-4-2-1-3-13(14)18/h1-4,9-10H,5-8,18H2. The average molecular weight is 307 g/mol. The van der Waals surface area contributed by atoms with Gasteiger partial charge >= 0.3 is 0 Å². The van der Waals surface area contributed by atoms with Crippen molar-refractivity contribution >= 4 is 28.8 Å². The maximum atomic E-state index is 13.9. The topological polar surface area (TPSA) is 45.4 Å². The molecule has 0 unspecified atom stereocenters. The van der Waals surface area contributed by atoms with Gasteiger partial charge in [-0.15, -0.1) is 0 Å². The van der Waals surface area contributed by atoms with Crippen molar-refractivity contribution in [1.82, 2.24) is 4.98 Å². The fourth-order valence-electron chi connectivity index (χ4n) is 2.57. The molecule has 0 spiro atoms. The molecule has 0 aliphatic carbocycles. The van der Waals surface area contributed by atoms with Gasteiger partial charge in [0, 0.05) is 32.4 Å². The molecule has 1 aliphatic heterocycles. The molecule has 1 saturated heterocycles. The van der Waals surface area contributed by atoms with Crippen LogP contribution in [0.5, 0.6) is 0 Å². The minimum atomic E-state index is -0.379. The van der Waals surface area contributed by atoms with Crippen LogP contribution in [0.15, 0.2) is 36.5 Å². The minimum Gasteiger partial charge on any atom is -0.397 e. The summed E-state index contributed by atoms with van der Waals surface area (Å²) in [6, 6.07) is 9.08. The van der Waals surface area contributed by atoms with Crippen molar-refractivity contribution in [1.29, 1.82) is 0 Å². The number of nitrogen functional groups attached to an aromatic ring is 1. The number of nitrogens with two attached hydrogens (primary N) is 1. The third-order valence-electron chi connectivity index (χ3n) is 3.65. The second-order valence-electron chi connectivity index (χ2n) is 4.99. The van der Waals surface area contributed by atoms with E-state index < -0.39 is 0 Å². The van der Waals surface area contributed by atoms with E-state index in [9.17, 15) is 4.39 Å². The van der Waals surface area contributed by atoms with Crippen molar-refractivity contribution in [3.8, 4) is 0 Å². The summed E-state index contributed by atoms with van der Waals surface area (Å²) in [5.74, 6) is -0.0183. The van der Waals surface area contributed by atoms with E-state index in [0.717, 1.165) is 24.5 Å². The summed E-state index contributed by atoms with van der Waals surface area (Å²) in [6.07, 6.45) is 1.47. The van der Waals surface area contributed by atoms with Crippen LogP contribution in [-0.4, -0.2) is 31.2 Å². The molecule has 2 N–H and O–H groups in total. The third-order valence-corrected chi connectivity index (χ3v) is 3.85. The first-order chi connectivity index (χ1) is 10.1. The summed E-state index contributed by atoms with van der Waals surface area (Å²) in [4.78, 5) is 8.23. The molecule has 1 aromatic heterocycles. The fraction of sp³-hybridized carbons (Fsp3) is 0.267. The molecular formula is C15H16ClFN4. The molecule has 6 heteroatoms. The Morgan fingerprint density at radius 1 is 1.10 bits per heavy atom. The summed E-state index contributed by atoms with van der Waals surface area (Å²) in [5.41, 5.74) is 7.79. The number of para-hydroxylation sites is 2. The molecule has 1 aromatic carbocycles. The van der Waals surface area contributed by atoms with E-state index in [4.69, 9.17) is 17.3 Å². The number of hydrogen-bond donors (Lipinski definition) is 1. The Balaban J connectivity index is 1.72. The summed E-state index contributed by atoms with van der Waals surface area (Å²) < 4.78 is 13.9. The van der Waals surface area contributed by atoms with Crippen LogP contribution in [0.2, 0.25) is 5.02 Å². The molecule has 1 fully saturated rings. The van der Waals surface area contributed by atoms with Crippen molar-refractivity contribution in [3.63, 3.8) is 0 Å². The van der Waals surface area contributed by atoms with Gasteiger partial charge in [-0.1, -0.05) is 23.7 Å². The molecule has 21 heavy (non-hydrogen) atoms. The molecule has 0 amide bonds. The predicted octanol–water partition coefficient (Wildman–Crippen LogP) is 2.78. The number of nitrogens with zero attached hydrogens (tertiary/aromatic N) is 3. The molecule has 2 heterocycles. The van der Waals surface area contributed by atoms with Gasteiger partial charge in [0.1, 0.15) is 0 Å². The van der Waals surface area contributed by atoms with Crippen molar-refractivity contribution < 1.29 is 4.39 Å². The monoisotopic (exact) mass is 306 g/mol. The van der Waals surface area contributed by atoms with Crippen LogP contribution >= 0.6 is 11.6 Å². The van der Waals surface area contributed by atoms with Crippen molar-refractivity contribution in [2.75, 3.05) is 41.7 Å². The molecule has 0 bridgehead atoms. The van der Waals surface area contributed by atoms with Gasteiger partial charge in [0.05, 0.1) is 16.4 Å². The highest BCUT2D eigenvalue weighted by Gasteiger charge is 2.21. The van der Waals surface area contributed by atoms with Gasteiger partial charge in [0.2, 0.25) is 0 Å². The van der Waals surface area contributed by atoms with Gasteiger partial charge in [0.25, 0.3) is 0 Å². The molecule has 1 aliphatic rings. The first-order valence-electron chi connectivity index (χ1n) is 6.80. The Labute approximate surface area is 127 Å². The minimum absolute atomic E-state index is 0.312. The van der Waals surface area contributed by atoms with Gasteiger partial charge in [-0.2, -0.15) is 0 Å². The van der Waals surface area contributed by atoms with Gasteiger partial charge in [-0.05, 0) is 18.2 Å². The zero-order valence-electron chi connectivity index (χ0n) is 11.5. The number of aromatic nitrogens is 1. The van der Waals surface area contributed by atoms with Gasteiger partial charge < -0.3 is 15.5 Å². The van der Waals surface area contributed by atoms with E-state index in [0.29, 0.717) is 23.9 Å². The van der Waals surface area contributed by atoms with Crippen molar-refractivity contribution in [2.45, 2.75) is 0 Å². The summed E-state index contributed by atoms with van der Waals surface area (Å²) in [7, 11) is 0. The molecule has 3 rings (SSSR count). The lowest BCUT2D eigenvalue weighted by Gasteiger charge is -2.37. The smallest absolute Gasteiger partial charge is 0.167 e. The predicted molar refractivity (Wildman–Crippen MR) is 84.5 cm³/mol. The van der Waals surface area contributed by atoms with Crippen LogP contribution in [0, 0.1) is 5.82 Å². The van der Waals surface area contributed by atoms with E-state index >= 15 is 0 Å². The lowest BCUT2D eigenvalue weighted by atomic mass is 10.2. The van der Waals surface area contributed by atoms with Crippen molar-refractivity contribution in [3.05, 3.63) is 47.4 Å². The number of benzene rings is 1. The van der Waals surface area contributed by atoms with Gasteiger partial charge in [-0.3, -0.25) is 0 Å². The van der Waals surface area contributed by atoms with E-state index in [2.05, 4.69) is 9.88 Å². The lowest BCUT2D eigenvalue weighted by molar-refractivity contribution is 0.589. The van der Waals surface area contributed by atoms with E-state index in [-0.39, 0.29) is 5.82 Å². The molecule has 4 nitrogen and oxygen atoms in total. The van der Waals surface area contributed by atoms with Crippen LogP contribution in [0.4, 0.5) is 21.6 Å². The normalized spacial score (nSPS) is 15.3. The second kappa shape index (κ2) is 5.77. The highest BCUT2D eigenvalue weighted by atomic mass is 35.5. The van der Waals surface area contributed by atoms with Crippen LogP contribution in [0.3, 0.4) is 0 Å². The highest BCUT2D eigenvalue weighted by molar-refractivity contribution is 6.30. The zero-order chi connectivity index (χ0) is 14.8. The Morgan fingerprint density at radius 3 is 2.43 bits per heavy atom. The van der Waals surface area contributed by atoms with E-state index in [1.54, 1.807) is 0 Å². The van der Waals surface area contributed by atoms with Crippen LogP contribution < -0.4 is 15.5 Å². The quantitative estimate of drug-likeness (QED) is 0.867. The lowest BCUT2D eigenvalue weighted by Crippen LogP contribution is -2.47. The van der Waals surface area contributed by atoms with E-state index in [1.165, 1.54) is 12.3 Å². The van der Waals surface area contributed by atoms with E-state index in [1.807, 2.05) is 29.2 Å². The van der Waals surface area contributed by atoms with Crippen LogP contribution in [0.1, 0.15) is 0 Å². The first-order valence-corrected chi connectivity index (χ1v) is 7.18. The number of halogens is 2. The summed E-state index contributed by atoms with van der Waals surface area (Å²) in [6.45, 7) is 2.94. The second-order valence-corrected chi connectivity index (χ2v) is 5.43. The molecule has 110 valence electrons. The highest BCUT2D eigenvalue weighted by Crippen LogP contribution is 2.26. The van der Waals surface area contributed by atoms with Crippen LogP contribution in [0.25, 0.3) is 0 Å². The number of rotatable bonds is 2. The van der Waals surface area contributed by atoms with Crippen LogP contribution in [-0.2, 0) is 0 Å².